The summed E-state index contributed by atoms with van der Waals surface area (Å²) < 4.78 is 38.8. The molecule has 224 valence electrons. The normalized spacial score (nSPS) is 12.1. The molecule has 2 aromatic carbocycles. The zero-order valence-corrected chi connectivity index (χ0v) is 24.0. The van der Waals surface area contributed by atoms with Gasteiger partial charge in [-0.2, -0.15) is 13.2 Å². The highest BCUT2D eigenvalue weighted by Gasteiger charge is 2.30. The molecule has 0 aliphatic rings. The first-order valence-corrected chi connectivity index (χ1v) is 11.4. The average Bonchev–Trinajstić information content (AvgIpc) is 2.86. The number of carbonyl (C=O) groups excluding carboxylic acids is 2. The van der Waals surface area contributed by atoms with E-state index in [0.717, 1.165) is 23.0 Å². The summed E-state index contributed by atoms with van der Waals surface area (Å²) in [4.78, 5) is 30.2. The number of anilines is 1. The molecule has 15 heteroatoms. The molecule has 0 spiro atoms. The number of nitrogens with one attached hydrogen (secondary N) is 2. The van der Waals surface area contributed by atoms with Crippen LogP contribution in [0, 0.1) is 5.92 Å². The van der Waals surface area contributed by atoms with Gasteiger partial charge in [0.05, 0.1) is 29.0 Å². The van der Waals surface area contributed by atoms with E-state index in [-0.39, 0.29) is 81.5 Å². The maximum atomic E-state index is 13.2. The number of benzene rings is 2. The Bertz CT molecular complexity index is 1200. The Kier molecular flexibility index (Phi) is 18.0. The summed E-state index contributed by atoms with van der Waals surface area (Å²) in [7, 11) is 0. The molecule has 40 heavy (non-hydrogen) atoms. The number of alkyl halides is 3. The molecular formula is C25H29Cl4F3N6O2-4. The maximum Gasteiger partial charge on any atom is 0.416 e. The molecule has 0 saturated heterocycles. The summed E-state index contributed by atoms with van der Waals surface area (Å²) in [5.74, 6) is -1.33. The number of fused-ring (bicyclic) bond motifs is 1. The van der Waals surface area contributed by atoms with Gasteiger partial charge in [-0.1, -0.05) is 30.3 Å². The number of hydrogen-bond donors (Lipinski definition) is 5. The van der Waals surface area contributed by atoms with Crippen molar-refractivity contribution in [3.63, 3.8) is 0 Å². The average molecular weight is 644 g/mol. The fourth-order valence-corrected chi connectivity index (χ4v) is 3.68. The van der Waals surface area contributed by atoms with Crippen LogP contribution in [-0.2, 0) is 22.2 Å². The number of rotatable bonds is 10. The van der Waals surface area contributed by atoms with Crippen LogP contribution in [0.5, 0.6) is 0 Å². The molecule has 8 N–H and O–H groups in total. The van der Waals surface area contributed by atoms with E-state index < -0.39 is 35.6 Å². The van der Waals surface area contributed by atoms with Crippen molar-refractivity contribution in [2.75, 3.05) is 18.4 Å². The first kappa shape index (κ1) is 39.8. The van der Waals surface area contributed by atoms with Crippen molar-refractivity contribution in [1.82, 2.24) is 10.3 Å². The topological polar surface area (TPSA) is 149 Å². The van der Waals surface area contributed by atoms with Gasteiger partial charge in [0.25, 0.3) is 0 Å². The minimum absolute atomic E-state index is 0. The van der Waals surface area contributed by atoms with E-state index in [1.54, 1.807) is 6.07 Å². The van der Waals surface area contributed by atoms with Crippen LogP contribution in [0.15, 0.2) is 60.8 Å². The predicted molar refractivity (Wildman–Crippen MR) is 132 cm³/mol. The molecule has 1 aromatic heterocycles. The number of nitrogens with zero attached hydrogens (tertiary/aromatic N) is 1. The zero-order chi connectivity index (χ0) is 26.3. The lowest BCUT2D eigenvalue weighted by Crippen LogP contribution is -3.00. The zero-order valence-electron chi connectivity index (χ0n) is 21.0. The molecule has 2 atom stereocenters. The lowest BCUT2D eigenvalue weighted by Gasteiger charge is -2.23. The minimum atomic E-state index is -4.48. The Balaban J connectivity index is 0. The van der Waals surface area contributed by atoms with Crippen LogP contribution in [0.2, 0.25) is 0 Å². The molecule has 8 nitrogen and oxygen atoms in total. The molecule has 3 rings (SSSR count). The summed E-state index contributed by atoms with van der Waals surface area (Å²) in [6.07, 6.45) is -2.83. The van der Waals surface area contributed by atoms with Crippen LogP contribution >= 0.6 is 0 Å². The van der Waals surface area contributed by atoms with Gasteiger partial charge in [0.1, 0.15) is 6.04 Å². The number of amides is 2. The first-order chi connectivity index (χ1) is 17.1. The highest BCUT2D eigenvalue weighted by Crippen LogP contribution is 2.29. The number of aromatic nitrogens is 1. The Labute approximate surface area is 255 Å². The highest BCUT2D eigenvalue weighted by molar-refractivity contribution is 5.99. The Morgan fingerprint density at radius 3 is 2.08 bits per heavy atom. The molecule has 0 aliphatic heterocycles. The SMILES string of the molecule is NCC(CN)C[C@H](N)C(=O)N[C@H](Cc1ccc(C(F)(F)F)cc1)C(=O)Nc1cnc2ccccc2c1.[Cl-].[Cl-].[Cl-].[Cl-]. The first-order valence-electron chi connectivity index (χ1n) is 11.4. The van der Waals surface area contributed by atoms with E-state index >= 15 is 0 Å². The molecule has 0 aliphatic carbocycles. The van der Waals surface area contributed by atoms with E-state index in [1.165, 1.54) is 18.3 Å². The van der Waals surface area contributed by atoms with Gasteiger partial charge in [-0.25, -0.2) is 0 Å². The summed E-state index contributed by atoms with van der Waals surface area (Å²) in [6, 6.07) is 11.4. The van der Waals surface area contributed by atoms with Crippen LogP contribution in [0.1, 0.15) is 17.5 Å². The van der Waals surface area contributed by atoms with Crippen LogP contribution in [0.4, 0.5) is 18.9 Å². The number of para-hydroxylation sites is 1. The largest absolute Gasteiger partial charge is 1.00 e. The van der Waals surface area contributed by atoms with Crippen molar-refractivity contribution in [3.8, 4) is 0 Å². The molecule has 0 radical (unpaired) electrons. The van der Waals surface area contributed by atoms with E-state index in [1.807, 2.05) is 24.3 Å². The summed E-state index contributed by atoms with van der Waals surface area (Å²) >= 11 is 0. The number of carbonyl (C=O) groups is 2. The summed E-state index contributed by atoms with van der Waals surface area (Å²) in [6.45, 7) is 0.504. The van der Waals surface area contributed by atoms with Crippen molar-refractivity contribution in [2.24, 2.45) is 23.1 Å². The summed E-state index contributed by atoms with van der Waals surface area (Å²) in [5.41, 5.74) is 18.0. The molecular weight excluding hydrogens is 615 g/mol. The van der Waals surface area contributed by atoms with Gasteiger partial charge in [-0.3, -0.25) is 14.6 Å². The lowest BCUT2D eigenvalue weighted by atomic mass is 9.99. The monoisotopic (exact) mass is 642 g/mol. The van der Waals surface area contributed by atoms with Crippen molar-refractivity contribution in [3.05, 3.63) is 71.9 Å². The number of nitrogens with two attached hydrogens (primary N) is 3. The molecule has 0 bridgehead atoms. The van der Waals surface area contributed by atoms with Gasteiger partial charge in [-0.15, -0.1) is 0 Å². The molecule has 0 saturated carbocycles. The van der Waals surface area contributed by atoms with Crippen molar-refractivity contribution >= 4 is 28.4 Å². The Morgan fingerprint density at radius 1 is 0.900 bits per heavy atom. The highest BCUT2D eigenvalue weighted by atomic mass is 35.5. The van der Waals surface area contributed by atoms with Gasteiger partial charge >= 0.3 is 6.18 Å². The molecule has 2 amide bonds. The van der Waals surface area contributed by atoms with Crippen LogP contribution in [-0.4, -0.2) is 42.0 Å². The second kappa shape index (κ2) is 18.1. The second-order valence-corrected chi connectivity index (χ2v) is 8.55. The standard InChI is InChI=1S/C25H29F3N6O2.4ClH/c26-25(27,28)18-7-5-15(6-8-18)10-22(34-23(35)20(31)9-16(12-29)13-30)24(36)33-19-11-17-3-1-2-4-21(17)32-14-19;;;;/h1-8,11,14,16,20,22H,9-10,12-13,29-31H2,(H,33,36)(H,34,35);4*1H/p-4/t20-,22+;;;;/m0..../s1. The Morgan fingerprint density at radius 2 is 1.50 bits per heavy atom. The maximum absolute atomic E-state index is 13.2. The van der Waals surface area contributed by atoms with Gasteiger partial charge < -0.3 is 77.5 Å². The van der Waals surface area contributed by atoms with Crippen LogP contribution < -0.4 is 77.5 Å². The van der Waals surface area contributed by atoms with Crippen molar-refractivity contribution in [2.45, 2.75) is 31.1 Å². The smallest absolute Gasteiger partial charge is 0.416 e. The molecule has 0 unspecified atom stereocenters. The fraction of sp³-hybridized carbons (Fsp3) is 0.320. The number of halogens is 7. The van der Waals surface area contributed by atoms with Crippen LogP contribution in [0.3, 0.4) is 0 Å². The predicted octanol–water partition coefficient (Wildman–Crippen LogP) is -9.81. The van der Waals surface area contributed by atoms with Crippen LogP contribution in [0.25, 0.3) is 10.9 Å². The second-order valence-electron chi connectivity index (χ2n) is 8.55. The van der Waals surface area contributed by atoms with Gasteiger partial charge in [0.2, 0.25) is 11.8 Å². The molecule has 0 fully saturated rings. The minimum Gasteiger partial charge on any atom is -1.00 e. The Hall–Kier alpha value is -2.38. The van der Waals surface area contributed by atoms with E-state index in [0.29, 0.717) is 11.3 Å². The van der Waals surface area contributed by atoms with Gasteiger partial charge in [0, 0.05) is 11.8 Å². The van der Waals surface area contributed by atoms with Gasteiger partial charge in [0.15, 0.2) is 0 Å². The third-order valence-electron chi connectivity index (χ3n) is 5.80. The quantitative estimate of drug-likeness (QED) is 0.148. The third-order valence-corrected chi connectivity index (χ3v) is 5.80. The fourth-order valence-electron chi connectivity index (χ4n) is 3.68. The summed E-state index contributed by atoms with van der Waals surface area (Å²) in [5, 5.41) is 6.14. The molecule has 3 aromatic rings. The van der Waals surface area contributed by atoms with Crippen molar-refractivity contribution in [1.29, 1.82) is 0 Å². The van der Waals surface area contributed by atoms with Crippen molar-refractivity contribution < 1.29 is 72.4 Å². The van der Waals surface area contributed by atoms with E-state index in [9.17, 15) is 22.8 Å². The number of hydrogen-bond acceptors (Lipinski definition) is 6. The number of pyridine rings is 1. The molecule has 1 heterocycles. The third kappa shape index (κ3) is 11.2. The lowest BCUT2D eigenvalue weighted by molar-refractivity contribution is -0.137. The van der Waals surface area contributed by atoms with E-state index in [4.69, 9.17) is 17.2 Å². The van der Waals surface area contributed by atoms with Gasteiger partial charge in [-0.05, 0) is 55.3 Å². The van der Waals surface area contributed by atoms with E-state index in [2.05, 4.69) is 15.6 Å².